The van der Waals surface area contributed by atoms with Gasteiger partial charge in [0.2, 0.25) is 5.91 Å². The van der Waals surface area contributed by atoms with E-state index < -0.39 is 24.2 Å². The molecule has 208 valence electrons. The zero-order chi connectivity index (χ0) is 28.9. The number of methoxy groups -OCH3 is 1. The fourth-order valence-electron chi connectivity index (χ4n) is 4.15. The van der Waals surface area contributed by atoms with Crippen LogP contribution >= 0.6 is 0 Å². The van der Waals surface area contributed by atoms with Crippen molar-refractivity contribution in [1.82, 2.24) is 9.88 Å². The van der Waals surface area contributed by atoms with E-state index >= 15 is 0 Å². The van der Waals surface area contributed by atoms with E-state index in [1.807, 2.05) is 0 Å². The van der Waals surface area contributed by atoms with Gasteiger partial charge in [-0.1, -0.05) is 0 Å². The minimum absolute atomic E-state index is 0.0349. The van der Waals surface area contributed by atoms with Crippen molar-refractivity contribution in [3.05, 3.63) is 87.3 Å². The molecule has 3 aromatic rings. The highest BCUT2D eigenvalue weighted by atomic mass is 19.3. The van der Waals surface area contributed by atoms with Crippen LogP contribution in [0.2, 0.25) is 0 Å². The Bertz CT molecular complexity index is 1390. The van der Waals surface area contributed by atoms with Gasteiger partial charge >= 0.3 is 6.61 Å². The fourth-order valence-corrected chi connectivity index (χ4v) is 4.15. The van der Waals surface area contributed by atoms with Crippen molar-refractivity contribution >= 4 is 17.5 Å². The number of carbonyl (C=O) groups excluding carboxylic acids is 2. The number of hydrogen-bond acceptors (Lipinski definition) is 5. The molecule has 12 heteroatoms. The van der Waals surface area contributed by atoms with Crippen LogP contribution in [0.4, 0.5) is 23.2 Å². The van der Waals surface area contributed by atoms with Crippen molar-refractivity contribution in [1.29, 1.82) is 0 Å². The number of halogens is 4. The Labute approximate surface area is 221 Å². The van der Waals surface area contributed by atoms with Crippen molar-refractivity contribution < 1.29 is 36.6 Å². The summed E-state index contributed by atoms with van der Waals surface area (Å²) in [5.41, 5.74) is 0.834. The molecule has 0 spiro atoms. The maximum absolute atomic E-state index is 14.3. The number of aryl methyl sites for hydroxylation is 2. The lowest BCUT2D eigenvalue weighted by atomic mass is 9.97. The number of rotatable bonds is 6. The summed E-state index contributed by atoms with van der Waals surface area (Å²) in [4.78, 5) is 37.2. The lowest BCUT2D eigenvalue weighted by molar-refractivity contribution is -0.117. The van der Waals surface area contributed by atoms with Crippen LogP contribution in [0.1, 0.15) is 33.8 Å². The van der Waals surface area contributed by atoms with Gasteiger partial charge in [-0.2, -0.15) is 8.78 Å². The van der Waals surface area contributed by atoms with Gasteiger partial charge in [-0.3, -0.25) is 14.4 Å². The van der Waals surface area contributed by atoms with Crippen LogP contribution in [-0.4, -0.2) is 43.7 Å². The largest absolute Gasteiger partial charge is 0.497 e. The Kier molecular flexibility index (Phi) is 9.33. The molecular formula is C27H27F4N3O5. The lowest BCUT2D eigenvalue weighted by Crippen LogP contribution is -2.33. The number of carbonyl (C=O) groups is 2. The van der Waals surface area contributed by atoms with Crippen molar-refractivity contribution in [2.75, 3.05) is 25.6 Å². The van der Waals surface area contributed by atoms with Crippen LogP contribution in [0.5, 0.6) is 11.5 Å². The molecule has 2 heterocycles. The highest BCUT2D eigenvalue weighted by Crippen LogP contribution is 2.35. The maximum atomic E-state index is 14.3. The van der Waals surface area contributed by atoms with Crippen LogP contribution < -0.4 is 25.2 Å². The number of nitrogens with one attached hydrogen (secondary N) is 1. The molecule has 0 saturated carbocycles. The third-order valence-corrected chi connectivity index (χ3v) is 6.10. The number of nitrogens with zero attached hydrogens (tertiary/aromatic N) is 2. The molecule has 1 unspecified atom stereocenters. The van der Waals surface area contributed by atoms with Crippen molar-refractivity contribution in [2.24, 2.45) is 7.05 Å². The Morgan fingerprint density at radius 1 is 1.05 bits per heavy atom. The molecule has 2 aromatic carbocycles. The van der Waals surface area contributed by atoms with Gasteiger partial charge in [-0.25, -0.2) is 8.78 Å². The van der Waals surface area contributed by atoms with Gasteiger partial charge in [0, 0.05) is 62.4 Å². The van der Waals surface area contributed by atoms with Crippen LogP contribution in [0.3, 0.4) is 0 Å². The highest BCUT2D eigenvalue weighted by molar-refractivity contribution is 5.97. The highest BCUT2D eigenvalue weighted by Gasteiger charge is 2.36. The Balaban J connectivity index is 0.000000255. The SMILES string of the molecule is CNC(=O)c1ccc(OC(F)F)cc1.COc1cc(F)c(C2CC(=O)N(c3c(C)ccn(C)c3=O)C2)c(F)c1. The molecule has 1 fully saturated rings. The van der Waals surface area contributed by atoms with Gasteiger partial charge in [-0.05, 0) is 42.8 Å². The number of benzene rings is 2. The summed E-state index contributed by atoms with van der Waals surface area (Å²) in [5, 5.41) is 2.41. The summed E-state index contributed by atoms with van der Waals surface area (Å²) in [5.74, 6) is -2.66. The Morgan fingerprint density at radius 3 is 2.21 bits per heavy atom. The van der Waals surface area contributed by atoms with Crippen LogP contribution in [0.25, 0.3) is 0 Å². The average Bonchev–Trinajstić information content (AvgIpc) is 3.26. The number of hydrogen-bond donors (Lipinski definition) is 1. The number of aromatic nitrogens is 1. The maximum Gasteiger partial charge on any atom is 0.387 e. The molecule has 1 N–H and O–H groups in total. The number of amides is 2. The predicted octanol–water partition coefficient (Wildman–Crippen LogP) is 4.15. The summed E-state index contributed by atoms with van der Waals surface area (Å²) < 4.78 is 62.5. The first kappa shape index (κ1) is 29.2. The Hall–Kier alpha value is -4.35. The number of pyridine rings is 1. The van der Waals surface area contributed by atoms with Gasteiger partial charge in [-0.15, -0.1) is 0 Å². The van der Waals surface area contributed by atoms with Crippen molar-refractivity contribution in [2.45, 2.75) is 25.9 Å². The molecular weight excluding hydrogens is 522 g/mol. The van der Waals surface area contributed by atoms with Gasteiger partial charge in [0.25, 0.3) is 11.5 Å². The molecule has 1 aliphatic rings. The summed E-state index contributed by atoms with van der Waals surface area (Å²) in [6.45, 7) is -1.06. The molecule has 1 saturated heterocycles. The molecule has 0 bridgehead atoms. The van der Waals surface area contributed by atoms with E-state index in [1.165, 1.54) is 47.9 Å². The molecule has 1 aromatic heterocycles. The minimum Gasteiger partial charge on any atom is -0.497 e. The van der Waals surface area contributed by atoms with Crippen LogP contribution in [0.15, 0.2) is 53.5 Å². The van der Waals surface area contributed by atoms with E-state index in [-0.39, 0.29) is 53.1 Å². The monoisotopic (exact) mass is 549 g/mol. The van der Waals surface area contributed by atoms with E-state index in [4.69, 9.17) is 4.74 Å². The molecule has 1 aliphatic heterocycles. The second-order valence-corrected chi connectivity index (χ2v) is 8.66. The molecule has 4 rings (SSSR count). The second-order valence-electron chi connectivity index (χ2n) is 8.66. The molecule has 1 atom stereocenters. The molecule has 39 heavy (non-hydrogen) atoms. The first-order chi connectivity index (χ1) is 18.5. The van der Waals surface area contributed by atoms with Crippen LogP contribution in [-0.2, 0) is 11.8 Å². The topological polar surface area (TPSA) is 89.9 Å². The average molecular weight is 550 g/mol. The normalized spacial score (nSPS) is 14.6. The summed E-state index contributed by atoms with van der Waals surface area (Å²) in [6.07, 6.45) is 1.56. The summed E-state index contributed by atoms with van der Waals surface area (Å²) in [6, 6.07) is 9.38. The smallest absolute Gasteiger partial charge is 0.387 e. The number of anilines is 1. The van der Waals surface area contributed by atoms with Crippen LogP contribution in [0, 0.1) is 18.6 Å². The third-order valence-electron chi connectivity index (χ3n) is 6.10. The van der Waals surface area contributed by atoms with Crippen molar-refractivity contribution in [3.63, 3.8) is 0 Å². The van der Waals surface area contributed by atoms with Gasteiger partial charge in [0.05, 0.1) is 7.11 Å². The Morgan fingerprint density at radius 2 is 1.67 bits per heavy atom. The first-order valence-electron chi connectivity index (χ1n) is 11.7. The minimum atomic E-state index is -2.85. The van der Waals surface area contributed by atoms with Gasteiger partial charge in [0.15, 0.2) is 0 Å². The number of alkyl halides is 2. The summed E-state index contributed by atoms with van der Waals surface area (Å²) in [7, 11) is 4.40. The number of ether oxygens (including phenoxy) is 2. The van der Waals surface area contributed by atoms with E-state index in [0.717, 1.165) is 12.1 Å². The van der Waals surface area contributed by atoms with E-state index in [0.29, 0.717) is 11.1 Å². The predicted molar refractivity (Wildman–Crippen MR) is 136 cm³/mol. The molecule has 0 radical (unpaired) electrons. The van der Waals surface area contributed by atoms with Gasteiger partial charge < -0.3 is 24.3 Å². The zero-order valence-corrected chi connectivity index (χ0v) is 21.6. The van der Waals surface area contributed by atoms with E-state index in [2.05, 4.69) is 10.1 Å². The fraction of sp³-hybridized carbons (Fsp3) is 0.296. The van der Waals surface area contributed by atoms with Crippen molar-refractivity contribution in [3.8, 4) is 11.5 Å². The molecule has 0 aliphatic carbocycles. The van der Waals surface area contributed by atoms with E-state index in [9.17, 15) is 31.9 Å². The quantitative estimate of drug-likeness (QED) is 0.467. The van der Waals surface area contributed by atoms with E-state index in [1.54, 1.807) is 26.2 Å². The summed E-state index contributed by atoms with van der Waals surface area (Å²) >= 11 is 0. The third kappa shape index (κ3) is 6.75. The van der Waals surface area contributed by atoms with Gasteiger partial charge in [0.1, 0.15) is 28.8 Å². The standard InChI is InChI=1S/C18H18F2N2O3.C9H9F2NO2/c1-10-4-5-21(2)18(24)17(10)22-9-11(6-15(22)23)16-13(19)7-12(25-3)8-14(16)20;1-12-8(13)6-2-4-7(5-3-6)14-9(10)11/h4-5,7-8,11H,6,9H2,1-3H3;2-5,9H,1H3,(H,12,13). The lowest BCUT2D eigenvalue weighted by Gasteiger charge is -2.19. The zero-order valence-electron chi connectivity index (χ0n) is 21.6. The molecule has 2 amide bonds. The molecule has 8 nitrogen and oxygen atoms in total. The second kappa shape index (κ2) is 12.5. The first-order valence-corrected chi connectivity index (χ1v) is 11.7.